The third-order valence-corrected chi connectivity index (χ3v) is 2.64. The molecule has 0 bridgehead atoms. The van der Waals surface area contributed by atoms with E-state index in [1.807, 2.05) is 18.3 Å². The van der Waals surface area contributed by atoms with Gasteiger partial charge in [0, 0.05) is 17.8 Å². The molecule has 0 aliphatic carbocycles. The summed E-state index contributed by atoms with van der Waals surface area (Å²) in [6, 6.07) is 14.5. The molecule has 1 aromatic heterocycles. The van der Waals surface area contributed by atoms with Gasteiger partial charge in [0.1, 0.15) is 6.54 Å². The monoisotopic (exact) mass is 355 g/mol. The quantitative estimate of drug-likeness (QED) is 0.650. The summed E-state index contributed by atoms with van der Waals surface area (Å²) in [5, 5.41) is 3.37. The van der Waals surface area contributed by atoms with Gasteiger partial charge in [0.2, 0.25) is 0 Å². The zero-order chi connectivity index (χ0) is 11.9. The number of aromatic amines is 1. The minimum absolute atomic E-state index is 0. The third-order valence-electron chi connectivity index (χ3n) is 2.64. The Bertz CT molecular complexity index is 442. The van der Waals surface area contributed by atoms with Crippen molar-refractivity contribution < 1.29 is 29.0 Å². The molecule has 0 radical (unpaired) electrons. The van der Waals surface area contributed by atoms with Crippen LogP contribution in [0.4, 0.5) is 5.69 Å². The van der Waals surface area contributed by atoms with Crippen molar-refractivity contribution in [2.24, 2.45) is 5.73 Å². The Morgan fingerprint density at radius 2 is 1.83 bits per heavy atom. The van der Waals surface area contributed by atoms with Gasteiger partial charge in [-0.15, -0.1) is 0 Å². The van der Waals surface area contributed by atoms with Gasteiger partial charge < -0.3 is 35.0 Å². The first kappa shape index (κ1) is 14.9. The van der Waals surface area contributed by atoms with Crippen LogP contribution in [0, 0.1) is 0 Å². The summed E-state index contributed by atoms with van der Waals surface area (Å²) in [5.74, 6) is 0. The molecule has 0 saturated carbocycles. The molecule has 1 heterocycles. The number of halogens is 1. The maximum absolute atomic E-state index is 5.51. The molecule has 18 heavy (non-hydrogen) atoms. The Morgan fingerprint density at radius 1 is 1.06 bits per heavy atom. The highest BCUT2D eigenvalue weighted by molar-refractivity contribution is 5.44. The Hall–Kier alpha value is -1.14. The highest BCUT2D eigenvalue weighted by Gasteiger charge is 1.99. The van der Waals surface area contributed by atoms with Crippen molar-refractivity contribution in [3.63, 3.8) is 0 Å². The average molecular weight is 355 g/mol. The van der Waals surface area contributed by atoms with Gasteiger partial charge in [-0.2, -0.15) is 0 Å². The largest absolute Gasteiger partial charge is 1.00 e. The van der Waals surface area contributed by atoms with E-state index in [1.165, 1.54) is 11.3 Å². The van der Waals surface area contributed by atoms with E-state index >= 15 is 0 Å². The van der Waals surface area contributed by atoms with Crippen molar-refractivity contribution >= 4 is 5.69 Å². The molecule has 0 fully saturated rings. The lowest BCUT2D eigenvalue weighted by Crippen LogP contribution is -3.00. The van der Waals surface area contributed by atoms with Gasteiger partial charge in [0.05, 0.1) is 0 Å². The molecule has 4 heteroatoms. The molecule has 0 amide bonds. The highest BCUT2D eigenvalue weighted by Crippen LogP contribution is 2.10. The number of anilines is 1. The minimum Gasteiger partial charge on any atom is -1.00 e. The molecule has 2 rings (SSSR count). The maximum Gasteiger partial charge on any atom is 0.198 e. The van der Waals surface area contributed by atoms with E-state index in [-0.39, 0.29) is 24.0 Å². The number of H-pyrrole nitrogens is 1. The topological polar surface area (TPSA) is 52.2 Å². The van der Waals surface area contributed by atoms with Gasteiger partial charge in [-0.25, -0.2) is 4.98 Å². The molecular weight excluding hydrogens is 337 g/mol. The van der Waals surface area contributed by atoms with E-state index in [9.17, 15) is 0 Å². The molecule has 0 aliphatic heterocycles. The first-order valence-electron chi connectivity index (χ1n) is 5.87. The van der Waals surface area contributed by atoms with Gasteiger partial charge >= 0.3 is 0 Å². The van der Waals surface area contributed by atoms with E-state index in [4.69, 9.17) is 5.73 Å². The number of aromatic nitrogens is 1. The summed E-state index contributed by atoms with van der Waals surface area (Å²) in [6.07, 6.45) is 2.87. The van der Waals surface area contributed by atoms with Gasteiger partial charge in [-0.05, 0) is 30.7 Å². The Labute approximate surface area is 125 Å². The van der Waals surface area contributed by atoms with Crippen LogP contribution in [0.5, 0.6) is 0 Å². The summed E-state index contributed by atoms with van der Waals surface area (Å²) >= 11 is 0. The standard InChI is InChI=1S/C14H17N3.HI/c15-9-8-12-4-6-13(7-5-12)17-11-14-3-1-2-10-16-14;/h1-7,10,17H,8-9,11,15H2;1H. The van der Waals surface area contributed by atoms with Gasteiger partial charge in [-0.1, -0.05) is 18.2 Å². The van der Waals surface area contributed by atoms with Crippen molar-refractivity contribution in [2.75, 3.05) is 11.9 Å². The molecule has 1 aromatic carbocycles. The van der Waals surface area contributed by atoms with Crippen molar-refractivity contribution in [1.82, 2.24) is 0 Å². The van der Waals surface area contributed by atoms with Crippen LogP contribution in [-0.4, -0.2) is 6.54 Å². The highest BCUT2D eigenvalue weighted by atomic mass is 127. The predicted molar refractivity (Wildman–Crippen MR) is 69.5 cm³/mol. The number of hydrogen-bond donors (Lipinski definition) is 2. The van der Waals surface area contributed by atoms with Crippen LogP contribution in [0.25, 0.3) is 0 Å². The normalized spacial score (nSPS) is 9.61. The number of nitrogens with one attached hydrogen (secondary N) is 2. The van der Waals surface area contributed by atoms with Crippen LogP contribution in [0.2, 0.25) is 0 Å². The van der Waals surface area contributed by atoms with Crippen LogP contribution in [0.3, 0.4) is 0 Å². The molecule has 0 saturated heterocycles. The van der Waals surface area contributed by atoms with E-state index in [2.05, 4.69) is 40.6 Å². The van der Waals surface area contributed by atoms with Crippen LogP contribution in [0.15, 0.2) is 48.7 Å². The predicted octanol–water partition coefficient (Wildman–Crippen LogP) is -1.38. The van der Waals surface area contributed by atoms with Gasteiger partial charge in [-0.3, -0.25) is 0 Å². The van der Waals surface area contributed by atoms with E-state index in [0.717, 1.165) is 18.7 Å². The first-order valence-corrected chi connectivity index (χ1v) is 5.87. The van der Waals surface area contributed by atoms with Crippen molar-refractivity contribution in [2.45, 2.75) is 13.0 Å². The summed E-state index contributed by atoms with van der Waals surface area (Å²) in [5.41, 5.74) is 9.09. The fraction of sp³-hybridized carbons (Fsp3) is 0.214. The fourth-order valence-electron chi connectivity index (χ4n) is 1.69. The Balaban J connectivity index is 0.00000162. The van der Waals surface area contributed by atoms with Gasteiger partial charge in [0.25, 0.3) is 0 Å². The smallest absolute Gasteiger partial charge is 0.198 e. The second-order valence-electron chi connectivity index (χ2n) is 3.98. The average Bonchev–Trinajstić information content (AvgIpc) is 2.40. The zero-order valence-electron chi connectivity index (χ0n) is 10.2. The second kappa shape index (κ2) is 8.05. The Morgan fingerprint density at radius 3 is 2.44 bits per heavy atom. The number of benzene rings is 1. The minimum atomic E-state index is 0. The Kier molecular flexibility index (Phi) is 6.67. The van der Waals surface area contributed by atoms with Crippen LogP contribution in [0.1, 0.15) is 11.3 Å². The van der Waals surface area contributed by atoms with Crippen LogP contribution < -0.4 is 40.0 Å². The third kappa shape index (κ3) is 4.62. The summed E-state index contributed by atoms with van der Waals surface area (Å²) in [6.45, 7) is 1.50. The molecule has 3 nitrogen and oxygen atoms in total. The number of pyridine rings is 1. The van der Waals surface area contributed by atoms with E-state index in [1.54, 1.807) is 0 Å². The number of rotatable bonds is 5. The molecule has 0 atom stereocenters. The molecule has 4 N–H and O–H groups in total. The lowest BCUT2D eigenvalue weighted by Gasteiger charge is -2.04. The molecule has 0 aliphatic rings. The van der Waals surface area contributed by atoms with Crippen molar-refractivity contribution in [3.8, 4) is 0 Å². The van der Waals surface area contributed by atoms with Crippen LogP contribution >= 0.6 is 0 Å². The summed E-state index contributed by atoms with van der Waals surface area (Å²) < 4.78 is 0. The zero-order valence-corrected chi connectivity index (χ0v) is 12.4. The molecule has 2 aromatic rings. The molecule has 96 valence electrons. The van der Waals surface area contributed by atoms with Crippen LogP contribution in [-0.2, 0) is 13.0 Å². The lowest BCUT2D eigenvalue weighted by atomic mass is 10.1. The van der Waals surface area contributed by atoms with E-state index < -0.39 is 0 Å². The fourth-order valence-corrected chi connectivity index (χ4v) is 1.69. The summed E-state index contributed by atoms with van der Waals surface area (Å²) in [7, 11) is 0. The van der Waals surface area contributed by atoms with Crippen molar-refractivity contribution in [3.05, 3.63) is 59.9 Å². The molecule has 0 spiro atoms. The number of nitrogens with two attached hydrogens (primary N) is 1. The second-order valence-corrected chi connectivity index (χ2v) is 3.98. The lowest BCUT2D eigenvalue weighted by molar-refractivity contribution is -0.389. The SMILES string of the molecule is NCCc1ccc(NCc2cccc[nH+]2)cc1.[I-]. The maximum atomic E-state index is 5.51. The van der Waals surface area contributed by atoms with Crippen molar-refractivity contribution in [1.29, 1.82) is 0 Å². The van der Waals surface area contributed by atoms with Gasteiger partial charge in [0.15, 0.2) is 11.9 Å². The molecular formula is C14H18IN3. The summed E-state index contributed by atoms with van der Waals surface area (Å²) in [4.78, 5) is 3.19. The number of hydrogen-bond acceptors (Lipinski definition) is 2. The first-order chi connectivity index (χ1) is 8.38. The van der Waals surface area contributed by atoms with E-state index in [0.29, 0.717) is 6.54 Å². The molecule has 0 unspecified atom stereocenters.